The number of fused-ring (bicyclic) bond motifs is 2. The zero-order valence-corrected chi connectivity index (χ0v) is 22.6. The third-order valence-electron chi connectivity index (χ3n) is 8.25. The summed E-state index contributed by atoms with van der Waals surface area (Å²) in [5.41, 5.74) is 6.36. The molecule has 3 atom stereocenters. The van der Waals surface area contributed by atoms with E-state index in [9.17, 15) is 5.26 Å². The van der Waals surface area contributed by atoms with E-state index in [0.717, 1.165) is 53.2 Å². The first-order valence-electron chi connectivity index (χ1n) is 13.3. The average Bonchev–Trinajstić information content (AvgIpc) is 3.37. The predicted octanol–water partition coefficient (Wildman–Crippen LogP) is 3.64. The fourth-order valence-corrected chi connectivity index (χ4v) is 6.24. The number of hydrogen-bond donors (Lipinski definition) is 0. The standard InChI is InChI=1S/C30H29N9O/c1-36(14-19-4-7-28(40-3)33-10-19)30-25-17-38(18-26(25)30)27-6-5-20(11-32-27)24-8-21(23-13-34-37(2)15-23)16-39-29(24)22(9-31)12-35-39/h4-8,10-13,15-16,25-26,30H,14,17-18H2,1-3H3/t25-,26+,30?. The van der Waals surface area contributed by atoms with Crippen LogP contribution in [0.3, 0.4) is 0 Å². The fraction of sp³-hybridized carbons (Fsp3) is 0.300. The molecule has 2 aliphatic rings. The summed E-state index contributed by atoms with van der Waals surface area (Å²) < 4.78 is 8.73. The van der Waals surface area contributed by atoms with Gasteiger partial charge in [0.1, 0.15) is 11.9 Å². The Bertz CT molecular complexity index is 1720. The van der Waals surface area contributed by atoms with Gasteiger partial charge in [0.2, 0.25) is 5.88 Å². The molecule has 200 valence electrons. The van der Waals surface area contributed by atoms with E-state index in [1.807, 2.05) is 44.1 Å². The number of pyridine rings is 3. The van der Waals surface area contributed by atoms with Crippen LogP contribution in [0.1, 0.15) is 11.1 Å². The third-order valence-corrected chi connectivity index (χ3v) is 8.25. The predicted molar refractivity (Wildman–Crippen MR) is 151 cm³/mol. The first-order chi connectivity index (χ1) is 19.5. The Morgan fingerprint density at radius 2 is 1.82 bits per heavy atom. The molecule has 1 unspecified atom stereocenters. The molecule has 0 N–H and O–H groups in total. The second kappa shape index (κ2) is 9.47. The van der Waals surface area contributed by atoms with Gasteiger partial charge in [-0.15, -0.1) is 0 Å². The maximum Gasteiger partial charge on any atom is 0.212 e. The van der Waals surface area contributed by atoms with Crippen molar-refractivity contribution in [1.29, 1.82) is 5.26 Å². The number of hydrogen-bond acceptors (Lipinski definition) is 8. The van der Waals surface area contributed by atoms with Crippen LogP contribution < -0.4 is 9.64 Å². The molecule has 10 heteroatoms. The summed E-state index contributed by atoms with van der Waals surface area (Å²) in [4.78, 5) is 14.0. The minimum atomic E-state index is 0.539. The summed E-state index contributed by atoms with van der Waals surface area (Å²) in [5.74, 6) is 2.94. The largest absolute Gasteiger partial charge is 0.481 e. The van der Waals surface area contributed by atoms with E-state index in [1.54, 1.807) is 22.5 Å². The van der Waals surface area contributed by atoms with Crippen LogP contribution in [0.15, 0.2) is 67.5 Å². The van der Waals surface area contributed by atoms with Gasteiger partial charge < -0.3 is 9.64 Å². The first kappa shape index (κ1) is 24.3. The van der Waals surface area contributed by atoms with Crippen LogP contribution in [0.4, 0.5) is 5.82 Å². The molecule has 0 bridgehead atoms. The van der Waals surface area contributed by atoms with Crippen LogP contribution in [-0.2, 0) is 13.6 Å². The highest BCUT2D eigenvalue weighted by atomic mass is 16.5. The summed E-state index contributed by atoms with van der Waals surface area (Å²) in [6, 6.07) is 13.2. The summed E-state index contributed by atoms with van der Waals surface area (Å²) >= 11 is 0. The van der Waals surface area contributed by atoms with Crippen molar-refractivity contribution in [2.45, 2.75) is 12.6 Å². The molecule has 40 heavy (non-hydrogen) atoms. The molecule has 1 aliphatic heterocycles. The quantitative estimate of drug-likeness (QED) is 0.314. The number of methoxy groups -OCH3 is 1. The van der Waals surface area contributed by atoms with E-state index in [-0.39, 0.29) is 0 Å². The molecule has 0 amide bonds. The molecule has 1 saturated carbocycles. The van der Waals surface area contributed by atoms with Gasteiger partial charge in [-0.25, -0.2) is 14.5 Å². The number of aryl methyl sites for hydroxylation is 1. The molecule has 5 aromatic rings. The summed E-state index contributed by atoms with van der Waals surface area (Å²) in [7, 11) is 5.74. The molecule has 1 aliphatic carbocycles. The molecule has 5 aromatic heterocycles. The second-order valence-electron chi connectivity index (χ2n) is 10.8. The third kappa shape index (κ3) is 4.15. The minimum absolute atomic E-state index is 0.539. The van der Waals surface area contributed by atoms with Crippen LogP contribution in [-0.4, -0.2) is 67.6 Å². The summed E-state index contributed by atoms with van der Waals surface area (Å²) in [6.45, 7) is 2.90. The van der Waals surface area contributed by atoms with Gasteiger partial charge in [-0.3, -0.25) is 9.58 Å². The highest BCUT2D eigenvalue weighted by molar-refractivity contribution is 5.87. The number of nitrogens with zero attached hydrogens (tertiary/aromatic N) is 9. The van der Waals surface area contributed by atoms with Gasteiger partial charge >= 0.3 is 0 Å². The van der Waals surface area contributed by atoms with Crippen molar-refractivity contribution in [3.05, 3.63) is 78.6 Å². The molecule has 2 fully saturated rings. The lowest BCUT2D eigenvalue weighted by molar-refractivity contribution is 0.285. The average molecular weight is 532 g/mol. The molecular formula is C30H29N9O. The smallest absolute Gasteiger partial charge is 0.212 e. The van der Waals surface area contributed by atoms with Crippen LogP contribution in [0, 0.1) is 23.2 Å². The Kier molecular flexibility index (Phi) is 5.75. The Balaban J connectivity index is 1.08. The number of anilines is 1. The summed E-state index contributed by atoms with van der Waals surface area (Å²) in [6.07, 6.45) is 11.2. The Morgan fingerprint density at radius 1 is 0.975 bits per heavy atom. The molecule has 0 aromatic carbocycles. The first-order valence-corrected chi connectivity index (χ1v) is 13.3. The second-order valence-corrected chi connectivity index (χ2v) is 10.8. The number of rotatable bonds is 7. The van der Waals surface area contributed by atoms with Crippen molar-refractivity contribution in [3.8, 4) is 34.2 Å². The number of aromatic nitrogens is 6. The van der Waals surface area contributed by atoms with E-state index in [4.69, 9.17) is 9.72 Å². The molecular weight excluding hydrogens is 502 g/mol. The van der Waals surface area contributed by atoms with E-state index in [1.165, 1.54) is 5.56 Å². The lowest BCUT2D eigenvalue weighted by atomic mass is 10.0. The monoisotopic (exact) mass is 531 g/mol. The lowest BCUT2D eigenvalue weighted by Crippen LogP contribution is -2.32. The Hall–Kier alpha value is -4.75. The number of ether oxygens (including phenoxy) is 1. The van der Waals surface area contributed by atoms with Gasteiger partial charge in [0.05, 0.1) is 30.6 Å². The van der Waals surface area contributed by atoms with Crippen molar-refractivity contribution in [2.24, 2.45) is 18.9 Å². The highest BCUT2D eigenvalue weighted by Gasteiger charge is 2.57. The normalized spacial score (nSPS) is 19.7. The van der Waals surface area contributed by atoms with Crippen molar-refractivity contribution < 1.29 is 4.74 Å². The van der Waals surface area contributed by atoms with Crippen molar-refractivity contribution in [3.63, 3.8) is 0 Å². The van der Waals surface area contributed by atoms with E-state index < -0.39 is 0 Å². The van der Waals surface area contributed by atoms with Gasteiger partial charge in [0.15, 0.2) is 0 Å². The van der Waals surface area contributed by atoms with E-state index >= 15 is 0 Å². The van der Waals surface area contributed by atoms with Gasteiger partial charge in [0.25, 0.3) is 0 Å². The molecule has 10 nitrogen and oxygen atoms in total. The zero-order valence-electron chi connectivity index (χ0n) is 22.6. The molecule has 0 radical (unpaired) electrons. The van der Waals surface area contributed by atoms with Crippen LogP contribution in [0.5, 0.6) is 5.88 Å². The van der Waals surface area contributed by atoms with Crippen molar-refractivity contribution in [2.75, 3.05) is 32.1 Å². The van der Waals surface area contributed by atoms with Crippen molar-refractivity contribution in [1.82, 2.24) is 34.3 Å². The Labute approximate surface area is 232 Å². The van der Waals surface area contributed by atoms with Crippen molar-refractivity contribution >= 4 is 11.3 Å². The molecule has 7 rings (SSSR count). The molecule has 6 heterocycles. The number of piperidine rings is 1. The molecule has 1 saturated heterocycles. The maximum atomic E-state index is 9.72. The summed E-state index contributed by atoms with van der Waals surface area (Å²) in [5, 5.41) is 18.5. The van der Waals surface area contributed by atoms with Gasteiger partial charge in [-0.1, -0.05) is 6.07 Å². The highest BCUT2D eigenvalue weighted by Crippen LogP contribution is 2.49. The van der Waals surface area contributed by atoms with Gasteiger partial charge in [-0.05, 0) is 42.6 Å². The van der Waals surface area contributed by atoms with Gasteiger partial charge in [0, 0.05) is 85.8 Å². The molecule has 0 spiro atoms. The SMILES string of the molecule is COc1ccc(CN(C)C2[C@H]3CN(c4ccc(-c5cc(-c6cnn(C)c6)cn6ncc(C#N)c56)cn4)C[C@@H]23)cn1. The van der Waals surface area contributed by atoms with E-state index in [0.29, 0.717) is 29.3 Å². The lowest BCUT2D eigenvalue weighted by Gasteiger charge is -2.25. The van der Waals surface area contributed by atoms with E-state index in [2.05, 4.69) is 62.4 Å². The fourth-order valence-electron chi connectivity index (χ4n) is 6.24. The van der Waals surface area contributed by atoms with Crippen LogP contribution in [0.25, 0.3) is 27.8 Å². The minimum Gasteiger partial charge on any atom is -0.481 e. The van der Waals surface area contributed by atoms with Crippen LogP contribution in [0.2, 0.25) is 0 Å². The topological polar surface area (TPSA) is 100 Å². The Morgan fingerprint density at radius 3 is 2.48 bits per heavy atom. The maximum absolute atomic E-state index is 9.72. The van der Waals surface area contributed by atoms with Gasteiger partial charge in [-0.2, -0.15) is 15.5 Å². The number of nitriles is 1. The zero-order chi connectivity index (χ0) is 27.4. The van der Waals surface area contributed by atoms with Crippen LogP contribution >= 0.6 is 0 Å².